The molecule has 0 radical (unpaired) electrons. The Balaban J connectivity index is 1.88. The van der Waals surface area contributed by atoms with Gasteiger partial charge in [-0.25, -0.2) is 0 Å². The van der Waals surface area contributed by atoms with Crippen molar-refractivity contribution in [3.63, 3.8) is 0 Å². The SMILES string of the molecule is [2H]C([2H])([2H])Oc1ccc2c3c1OC1([2H])C([2H])(O)C=C[C@@]4([2H])[C@@]([2H])(C2)N(C)CC[C@]314. The lowest BCUT2D eigenvalue weighted by atomic mass is 9.53. The van der Waals surface area contributed by atoms with Crippen molar-refractivity contribution in [3.05, 3.63) is 35.4 Å². The van der Waals surface area contributed by atoms with Crippen molar-refractivity contribution in [2.45, 2.75) is 36.4 Å². The molecule has 1 N–H and O–H groups in total. The van der Waals surface area contributed by atoms with Crippen LogP contribution in [0.15, 0.2) is 24.3 Å². The number of hydrogen-bond acceptors (Lipinski definition) is 4. The van der Waals surface area contributed by atoms with Gasteiger partial charge in [0.25, 0.3) is 0 Å². The third kappa shape index (κ3) is 1.28. The number of aliphatic hydroxyl groups is 1. The Morgan fingerprint density at radius 3 is 3.27 bits per heavy atom. The highest BCUT2D eigenvalue weighted by Gasteiger charge is 2.64. The average Bonchev–Trinajstić information content (AvgIpc) is 2.88. The van der Waals surface area contributed by atoms with Crippen molar-refractivity contribution < 1.29 is 24.2 Å². The van der Waals surface area contributed by atoms with Crippen LogP contribution in [0.4, 0.5) is 0 Å². The van der Waals surface area contributed by atoms with E-state index in [1.807, 2.05) is 0 Å². The van der Waals surface area contributed by atoms with Gasteiger partial charge < -0.3 is 19.5 Å². The van der Waals surface area contributed by atoms with Gasteiger partial charge in [0.15, 0.2) is 11.5 Å². The number of likely N-dealkylation sites (tertiary alicyclic amines) is 1. The fraction of sp³-hybridized carbons (Fsp3) is 0.556. The molecule has 0 amide bonds. The van der Waals surface area contributed by atoms with Crippen LogP contribution >= 0.6 is 0 Å². The zero-order valence-electron chi connectivity index (χ0n) is 19.1. The number of rotatable bonds is 1. The standard InChI is InChI=1S/C18H21NO3/c1-19-8-7-18-11-4-5-13(20)17(18)22-16-14(21-2)6-3-10(15(16)18)9-12(11)19/h3-6,11-13,17,20H,7-9H2,1-2H3/t11-,12+,13?,17?,18-/m0/s1/i2D3,11D,12D,13D,17D. The second-order valence-electron chi connectivity index (χ2n) is 6.29. The quantitative estimate of drug-likeness (QED) is 0.799. The Hall–Kier alpha value is -1.52. The highest BCUT2D eigenvalue weighted by molar-refractivity contribution is 5.62. The Kier molecular flexibility index (Phi) is 1.45. The van der Waals surface area contributed by atoms with E-state index >= 15 is 0 Å². The Morgan fingerprint density at radius 1 is 1.50 bits per heavy atom. The lowest BCUT2D eigenvalue weighted by molar-refractivity contribution is -0.0453. The van der Waals surface area contributed by atoms with E-state index in [4.69, 9.17) is 16.3 Å². The van der Waals surface area contributed by atoms with Crippen molar-refractivity contribution >= 4 is 0 Å². The van der Waals surface area contributed by atoms with Gasteiger partial charge in [0, 0.05) is 25.6 Å². The maximum absolute atomic E-state index is 10.9. The smallest absolute Gasteiger partial charge is 0.165 e. The molecule has 5 rings (SSSR count). The summed E-state index contributed by atoms with van der Waals surface area (Å²) in [5.41, 5.74) is -0.478. The minimum absolute atomic E-state index is 0.0220. The van der Waals surface area contributed by atoms with E-state index in [0.717, 1.165) is 6.08 Å². The van der Waals surface area contributed by atoms with Crippen LogP contribution in [0.3, 0.4) is 0 Å². The lowest BCUT2D eigenvalue weighted by Gasteiger charge is -2.56. The highest BCUT2D eigenvalue weighted by Crippen LogP contribution is 2.62. The molecule has 22 heavy (non-hydrogen) atoms. The molecule has 2 heterocycles. The summed E-state index contributed by atoms with van der Waals surface area (Å²) in [4.78, 5) is 1.76. The van der Waals surface area contributed by atoms with Crippen molar-refractivity contribution in [3.8, 4) is 11.5 Å². The number of ether oxygens (including phenoxy) is 2. The van der Waals surface area contributed by atoms with Crippen LogP contribution in [0.25, 0.3) is 0 Å². The molecule has 2 unspecified atom stereocenters. The topological polar surface area (TPSA) is 41.9 Å². The Morgan fingerprint density at radius 2 is 2.41 bits per heavy atom. The number of hydrogen-bond donors (Lipinski definition) is 1. The van der Waals surface area contributed by atoms with Crippen molar-refractivity contribution in [2.75, 3.05) is 20.6 Å². The summed E-state index contributed by atoms with van der Waals surface area (Å²) in [6, 6.07) is 1.61. The number of methoxy groups -OCH3 is 1. The van der Waals surface area contributed by atoms with E-state index in [1.165, 1.54) is 12.1 Å². The number of benzene rings is 1. The van der Waals surface area contributed by atoms with Crippen LogP contribution in [0.2, 0.25) is 0 Å². The summed E-state index contributed by atoms with van der Waals surface area (Å²) < 4.78 is 69.5. The summed E-state index contributed by atoms with van der Waals surface area (Å²) in [6.07, 6.45) is -2.08. The molecule has 1 saturated heterocycles. The zero-order valence-corrected chi connectivity index (χ0v) is 12.1. The van der Waals surface area contributed by atoms with Gasteiger partial charge in [0.1, 0.15) is 12.2 Å². The fourth-order valence-corrected chi connectivity index (χ4v) is 4.41. The number of likely N-dealkylation sites (N-methyl/N-ethyl adjacent to an activating group) is 1. The normalized spacial score (nSPS) is 59.6. The minimum Gasteiger partial charge on any atom is -0.493 e. The lowest BCUT2D eigenvalue weighted by Crippen LogP contribution is -2.64. The fourth-order valence-electron chi connectivity index (χ4n) is 4.41. The number of piperidine rings is 1. The maximum atomic E-state index is 10.9. The Bertz CT molecular complexity index is 966. The molecular formula is C18H21NO3. The van der Waals surface area contributed by atoms with Crippen molar-refractivity contribution in [1.29, 1.82) is 0 Å². The number of nitrogens with zero attached hydrogens (tertiary/aromatic N) is 1. The predicted octanol–water partition coefficient (Wildman–Crippen LogP) is 1.50. The molecule has 2 aliphatic carbocycles. The molecule has 4 heteroatoms. The molecule has 2 bridgehead atoms. The molecule has 1 aromatic rings. The molecule has 1 fully saturated rings. The first-order valence-corrected chi connectivity index (χ1v) is 7.41. The second-order valence-corrected chi connectivity index (χ2v) is 6.29. The molecule has 116 valence electrons. The van der Waals surface area contributed by atoms with Crippen LogP contribution in [0.5, 0.6) is 11.5 Å². The van der Waals surface area contributed by atoms with Crippen molar-refractivity contribution in [2.24, 2.45) is 5.89 Å². The molecule has 0 aromatic heterocycles. The minimum atomic E-state index is -2.76. The van der Waals surface area contributed by atoms with Crippen LogP contribution in [0, 0.1) is 5.89 Å². The molecular weight excluding hydrogens is 278 g/mol. The summed E-state index contributed by atoms with van der Waals surface area (Å²) in [5, 5.41) is 10.9. The van der Waals surface area contributed by atoms with Crippen LogP contribution in [0.1, 0.15) is 27.1 Å². The first-order valence-electron chi connectivity index (χ1n) is 10.9. The second kappa shape index (κ2) is 4.06. The van der Waals surface area contributed by atoms with Crippen LogP contribution < -0.4 is 9.47 Å². The maximum Gasteiger partial charge on any atom is 0.165 e. The van der Waals surface area contributed by atoms with E-state index in [0.29, 0.717) is 17.7 Å². The predicted molar refractivity (Wildman–Crippen MR) is 82.5 cm³/mol. The third-order valence-corrected chi connectivity index (χ3v) is 5.39. The molecule has 0 saturated carbocycles. The van der Waals surface area contributed by atoms with Gasteiger partial charge >= 0.3 is 0 Å². The summed E-state index contributed by atoms with van der Waals surface area (Å²) >= 11 is 0. The first-order chi connectivity index (χ1) is 13.2. The molecule has 4 aliphatic rings. The van der Waals surface area contributed by atoms with Crippen LogP contribution in [-0.2, 0) is 11.8 Å². The molecule has 1 aromatic carbocycles. The molecule has 1 spiro atoms. The van der Waals surface area contributed by atoms with Gasteiger partial charge in [-0.05, 0) is 38.1 Å². The van der Waals surface area contributed by atoms with E-state index in [1.54, 1.807) is 18.0 Å². The van der Waals surface area contributed by atoms with Gasteiger partial charge in [0.05, 0.1) is 13.9 Å². The molecule has 2 aliphatic heterocycles. The van der Waals surface area contributed by atoms with Crippen LogP contribution in [-0.4, -0.2) is 48.8 Å². The molecule has 5 atom stereocenters. The van der Waals surface area contributed by atoms with Gasteiger partial charge in [0.2, 0.25) is 0 Å². The molecule has 4 nitrogen and oxygen atoms in total. The van der Waals surface area contributed by atoms with E-state index in [2.05, 4.69) is 0 Å². The first kappa shape index (κ1) is 7.84. The van der Waals surface area contributed by atoms with Gasteiger partial charge in [-0.2, -0.15) is 0 Å². The average molecular weight is 306 g/mol. The van der Waals surface area contributed by atoms with E-state index in [9.17, 15) is 7.85 Å². The van der Waals surface area contributed by atoms with Gasteiger partial charge in [-0.3, -0.25) is 0 Å². The Labute approximate surface area is 140 Å². The van der Waals surface area contributed by atoms with Gasteiger partial charge in [-0.1, -0.05) is 18.2 Å². The largest absolute Gasteiger partial charge is 0.493 e. The van der Waals surface area contributed by atoms with E-state index < -0.39 is 36.5 Å². The van der Waals surface area contributed by atoms with Gasteiger partial charge in [-0.15, -0.1) is 0 Å². The van der Waals surface area contributed by atoms with E-state index in [-0.39, 0.29) is 24.3 Å². The highest BCUT2D eigenvalue weighted by atomic mass is 16.5. The zero-order chi connectivity index (χ0) is 21.3. The summed E-state index contributed by atoms with van der Waals surface area (Å²) in [6.45, 7) is 0.362. The third-order valence-electron chi connectivity index (χ3n) is 5.39. The van der Waals surface area contributed by atoms with Crippen molar-refractivity contribution in [1.82, 2.24) is 4.90 Å². The monoisotopic (exact) mass is 306 g/mol. The summed E-state index contributed by atoms with van der Waals surface area (Å²) in [5.74, 6) is -1.83. The summed E-state index contributed by atoms with van der Waals surface area (Å²) in [7, 11) is -1.01.